The third kappa shape index (κ3) is 5.48. The van der Waals surface area contributed by atoms with E-state index in [1.807, 2.05) is 0 Å². The van der Waals surface area contributed by atoms with Gasteiger partial charge in [-0.15, -0.1) is 0 Å². The van der Waals surface area contributed by atoms with Gasteiger partial charge in [0, 0.05) is 12.3 Å². The summed E-state index contributed by atoms with van der Waals surface area (Å²) >= 11 is 0. The van der Waals surface area contributed by atoms with Crippen LogP contribution in [0.4, 0.5) is 4.39 Å². The highest BCUT2D eigenvalue weighted by Crippen LogP contribution is 2.38. The van der Waals surface area contributed by atoms with Crippen molar-refractivity contribution in [3.63, 3.8) is 0 Å². The summed E-state index contributed by atoms with van der Waals surface area (Å²) in [6.45, 7) is 1.25. The van der Waals surface area contributed by atoms with Gasteiger partial charge in [0.2, 0.25) is 0 Å². The fourth-order valence-corrected chi connectivity index (χ4v) is 3.29. The summed E-state index contributed by atoms with van der Waals surface area (Å²) < 4.78 is 31.4. The van der Waals surface area contributed by atoms with Crippen LogP contribution in [0.5, 0.6) is 0 Å². The second kappa shape index (κ2) is 10.5. The lowest BCUT2D eigenvalue weighted by molar-refractivity contribution is -0.217. The first kappa shape index (κ1) is 26.2. The van der Waals surface area contributed by atoms with Gasteiger partial charge in [-0.25, -0.2) is 18.5 Å². The fourth-order valence-electron chi connectivity index (χ4n) is 3.29. The largest absolute Gasteiger partial charge is 0.458 e. The second-order valence-electron chi connectivity index (χ2n) is 8.25. The van der Waals surface area contributed by atoms with Crippen LogP contribution in [-0.4, -0.2) is 56.0 Å². The average molecular weight is 495 g/mol. The summed E-state index contributed by atoms with van der Waals surface area (Å²) in [7, 11) is 0. The molecule has 0 radical (unpaired) electrons. The van der Waals surface area contributed by atoms with E-state index in [2.05, 4.69) is 0 Å². The molecule has 2 aromatic rings. The first-order valence-electron chi connectivity index (χ1n) is 10.6. The molecule has 1 aromatic carbocycles. The molecule has 0 saturated carbocycles. The zero-order valence-electron chi connectivity index (χ0n) is 18.9. The number of nitrogens with two attached hydrogens (primary N) is 1. The van der Waals surface area contributed by atoms with Gasteiger partial charge in [-0.05, 0) is 5.56 Å². The van der Waals surface area contributed by atoms with Crippen molar-refractivity contribution < 1.29 is 38.4 Å². The van der Waals surface area contributed by atoms with Gasteiger partial charge in [-0.2, -0.15) is 0 Å². The summed E-state index contributed by atoms with van der Waals surface area (Å²) in [5.41, 5.74) is 4.28. The molecule has 5 atom stereocenters. The van der Waals surface area contributed by atoms with Crippen molar-refractivity contribution in [2.24, 2.45) is 11.7 Å². The summed E-state index contributed by atoms with van der Waals surface area (Å²) in [6, 6.07) is 7.80. The molecule has 2 heterocycles. The predicted octanol–water partition coefficient (Wildman–Crippen LogP) is -0.674. The van der Waals surface area contributed by atoms with Crippen molar-refractivity contribution in [2.75, 3.05) is 6.61 Å². The highest BCUT2D eigenvalue weighted by Gasteiger charge is 2.57. The number of carbonyl (C=O) groups excluding carboxylic acids is 2. The van der Waals surface area contributed by atoms with Gasteiger partial charge in [0.15, 0.2) is 19.6 Å². The first-order chi connectivity index (χ1) is 16.5. The van der Waals surface area contributed by atoms with E-state index in [0.29, 0.717) is 14.7 Å². The molecule has 3 rings (SSSR count). The molecule has 1 aliphatic rings. The number of hydrogen-bond acceptors (Lipinski definition) is 10. The van der Waals surface area contributed by atoms with Crippen molar-refractivity contribution in [1.29, 1.82) is 0 Å². The maximum atomic E-state index is 15.4. The summed E-state index contributed by atoms with van der Waals surface area (Å²) in [5.74, 6) is -5.30. The predicted molar refractivity (Wildman–Crippen MR) is 116 cm³/mol. The SMILES string of the molecule is CC(C)C(=O)OCn1c(=O)ccn([C@@H]2O[C@](F)(COC(=O)[C@@H](N)c3ccccc3)[C@@H](O)[C@H]2O)c1=O. The number of halogens is 1. The van der Waals surface area contributed by atoms with Crippen LogP contribution in [0.25, 0.3) is 0 Å². The van der Waals surface area contributed by atoms with Gasteiger partial charge in [0.25, 0.3) is 11.4 Å². The minimum absolute atomic E-state index is 0.406. The van der Waals surface area contributed by atoms with Crippen molar-refractivity contribution in [3.05, 3.63) is 69.0 Å². The molecule has 0 bridgehead atoms. The number of aliphatic hydroxyl groups is 2. The number of carbonyl (C=O) groups is 2. The number of benzene rings is 1. The van der Waals surface area contributed by atoms with E-state index in [1.54, 1.807) is 44.2 Å². The van der Waals surface area contributed by atoms with Crippen LogP contribution in [0.15, 0.2) is 52.2 Å². The van der Waals surface area contributed by atoms with Crippen LogP contribution in [0.1, 0.15) is 31.7 Å². The van der Waals surface area contributed by atoms with E-state index in [4.69, 9.17) is 19.9 Å². The van der Waals surface area contributed by atoms with Gasteiger partial charge in [0.1, 0.15) is 18.2 Å². The number of rotatable bonds is 8. The summed E-state index contributed by atoms with van der Waals surface area (Å²) in [6.07, 6.45) is -5.07. The van der Waals surface area contributed by atoms with Gasteiger partial charge in [0.05, 0.1) is 5.92 Å². The minimum atomic E-state index is -3.10. The lowest BCUT2D eigenvalue weighted by atomic mass is 10.1. The molecular formula is C22H26FN3O9. The molecule has 0 amide bonds. The zero-order valence-corrected chi connectivity index (χ0v) is 18.9. The van der Waals surface area contributed by atoms with Crippen LogP contribution >= 0.6 is 0 Å². The monoisotopic (exact) mass is 495 g/mol. The van der Waals surface area contributed by atoms with E-state index < -0.39 is 72.8 Å². The van der Waals surface area contributed by atoms with Crippen molar-refractivity contribution in [3.8, 4) is 0 Å². The number of aromatic nitrogens is 2. The molecule has 1 aliphatic heterocycles. The maximum absolute atomic E-state index is 15.4. The highest BCUT2D eigenvalue weighted by molar-refractivity contribution is 5.77. The zero-order chi connectivity index (χ0) is 25.9. The van der Waals surface area contributed by atoms with Crippen molar-refractivity contribution in [2.45, 2.75) is 50.9 Å². The molecule has 0 spiro atoms. The Morgan fingerprint density at radius 2 is 1.80 bits per heavy atom. The van der Waals surface area contributed by atoms with Gasteiger partial charge in [-0.1, -0.05) is 44.2 Å². The molecule has 1 saturated heterocycles. The summed E-state index contributed by atoms with van der Waals surface area (Å²) in [5, 5.41) is 20.6. The smallest absolute Gasteiger partial charge is 0.335 e. The van der Waals surface area contributed by atoms with Crippen molar-refractivity contribution in [1.82, 2.24) is 9.13 Å². The molecule has 1 fully saturated rings. The minimum Gasteiger partial charge on any atom is -0.458 e. The standard InChI is InChI=1S/C22H26FN3O9/c1-12(2)19(30)34-11-26-14(27)8-9-25(21(26)32)18-16(28)17(29)22(23,35-18)10-33-20(31)15(24)13-6-4-3-5-7-13/h3-9,12,15-18,28-29H,10-11,24H2,1-2H3/t15-,16+,17-,18+,22+/m0/s1. The van der Waals surface area contributed by atoms with E-state index >= 15 is 4.39 Å². The van der Waals surface area contributed by atoms with Crippen LogP contribution in [0.3, 0.4) is 0 Å². The van der Waals surface area contributed by atoms with E-state index in [-0.39, 0.29) is 0 Å². The Bertz CT molecular complexity index is 1180. The van der Waals surface area contributed by atoms with Crippen LogP contribution in [-0.2, 0) is 30.5 Å². The Balaban J connectivity index is 1.76. The molecule has 0 aliphatic carbocycles. The number of ether oxygens (including phenoxy) is 3. The van der Waals surface area contributed by atoms with Gasteiger partial charge in [-0.3, -0.25) is 14.2 Å². The molecule has 190 valence electrons. The number of alkyl halides is 1. The molecule has 13 heteroatoms. The second-order valence-corrected chi connectivity index (χ2v) is 8.25. The van der Waals surface area contributed by atoms with Crippen LogP contribution in [0, 0.1) is 5.92 Å². The van der Waals surface area contributed by atoms with Gasteiger partial charge < -0.3 is 30.2 Å². The Labute approximate surface area is 198 Å². The highest BCUT2D eigenvalue weighted by atomic mass is 19.2. The molecule has 0 unspecified atom stereocenters. The Morgan fingerprint density at radius 3 is 2.43 bits per heavy atom. The Kier molecular flexibility index (Phi) is 7.85. The Hall–Kier alpha value is -3.39. The lowest BCUT2D eigenvalue weighted by Gasteiger charge is -2.23. The topological polar surface area (TPSA) is 172 Å². The lowest BCUT2D eigenvalue weighted by Crippen LogP contribution is -2.44. The third-order valence-corrected chi connectivity index (χ3v) is 5.37. The first-order valence-corrected chi connectivity index (χ1v) is 10.6. The summed E-state index contributed by atoms with van der Waals surface area (Å²) in [4.78, 5) is 48.8. The number of esters is 2. The fraction of sp³-hybridized carbons (Fsp3) is 0.455. The molecule has 35 heavy (non-hydrogen) atoms. The van der Waals surface area contributed by atoms with E-state index in [0.717, 1.165) is 12.3 Å². The van der Waals surface area contributed by atoms with Crippen LogP contribution < -0.4 is 17.0 Å². The van der Waals surface area contributed by atoms with Gasteiger partial charge >= 0.3 is 17.6 Å². The third-order valence-electron chi connectivity index (χ3n) is 5.37. The molecular weight excluding hydrogens is 469 g/mol. The Morgan fingerprint density at radius 1 is 1.14 bits per heavy atom. The normalized spacial score (nSPS) is 24.8. The average Bonchev–Trinajstić information content (AvgIpc) is 3.06. The molecule has 12 nitrogen and oxygen atoms in total. The molecule has 4 N–H and O–H groups in total. The van der Waals surface area contributed by atoms with E-state index in [9.17, 15) is 29.4 Å². The van der Waals surface area contributed by atoms with E-state index in [1.165, 1.54) is 0 Å². The molecule has 1 aromatic heterocycles. The van der Waals surface area contributed by atoms with Crippen molar-refractivity contribution >= 4 is 11.9 Å². The number of hydrogen-bond donors (Lipinski definition) is 3. The number of nitrogens with zero attached hydrogens (tertiary/aromatic N) is 2. The van der Waals surface area contributed by atoms with Crippen LogP contribution in [0.2, 0.25) is 0 Å². The maximum Gasteiger partial charge on any atom is 0.335 e. The quantitative estimate of drug-likeness (QED) is 0.399. The number of aliphatic hydroxyl groups excluding tert-OH is 2.